The van der Waals surface area contributed by atoms with Crippen LogP contribution in [0.5, 0.6) is 0 Å². The van der Waals surface area contributed by atoms with Gasteiger partial charge in [-0.25, -0.2) is 0 Å². The first-order chi connectivity index (χ1) is 36.5. The molecular weight excluding hydrogens is 913 g/mol. The highest BCUT2D eigenvalue weighted by molar-refractivity contribution is 5.71. The summed E-state index contributed by atoms with van der Waals surface area (Å²) in [5, 5.41) is 0. The molecule has 0 aliphatic rings. The van der Waals surface area contributed by atoms with Gasteiger partial charge in [-0.1, -0.05) is 250 Å². The Morgan fingerprint density at radius 1 is 0.284 bits per heavy atom. The number of unbranched alkanes of at least 4 members (excludes halogenated alkanes) is 17. The van der Waals surface area contributed by atoms with Crippen LogP contribution >= 0.6 is 0 Å². The zero-order valence-electron chi connectivity index (χ0n) is 47.5. The normalized spacial score (nSPS) is 13.2. The molecule has 6 heteroatoms. The van der Waals surface area contributed by atoms with E-state index in [-0.39, 0.29) is 31.1 Å². The SMILES string of the molecule is CC/C=C\C/C=C\C/C=C\C/C=C\C/C=C\C/C=C\C/C=C\C/C=C\C/C=C\C/C=C\CCCCC(=O)OCC(COC(=O)CCCCCCCCCCC)OC(=O)CCCCCCC/C=C\C/C=C\CCCC. The van der Waals surface area contributed by atoms with Crippen LogP contribution < -0.4 is 0 Å². The first-order valence-corrected chi connectivity index (χ1v) is 29.8. The molecule has 0 fully saturated rings. The zero-order valence-corrected chi connectivity index (χ0v) is 47.5. The number of ether oxygens (including phenoxy) is 3. The maximum Gasteiger partial charge on any atom is 0.306 e. The fourth-order valence-electron chi connectivity index (χ4n) is 7.60. The molecule has 0 aromatic rings. The highest BCUT2D eigenvalue weighted by Gasteiger charge is 2.19. The number of carbonyl (C=O) groups excluding carboxylic acids is 3. The lowest BCUT2D eigenvalue weighted by atomic mass is 10.1. The molecule has 0 aromatic heterocycles. The standard InChI is InChI=1S/C68H108O6/c1-4-7-10-13-16-19-21-23-25-26-27-28-29-30-31-32-33-34-35-36-37-38-39-40-41-42-43-45-46-49-52-55-58-61-67(70)73-64-65(63-72-66(69)60-57-54-51-48-18-15-12-9-6-3)74-68(71)62-59-56-53-50-47-44-24-22-20-17-14-11-8-5-2/h7,10,14,16-17,19,22-25,27-28,30-31,33-34,36-37,39-40,42-43,46,49,65H,4-6,8-9,11-13,15,18,20-21,26,29,32,35,38,41,44-45,47-48,50-64H2,1-3H3/b10-7-,17-14-,19-16-,24-22-,25-23-,28-27-,31-30-,34-33-,37-36-,40-39-,43-42-,49-46-. The monoisotopic (exact) mass is 1020 g/mol. The Balaban J connectivity index is 4.31. The summed E-state index contributed by atoms with van der Waals surface area (Å²) in [6.45, 7) is 6.40. The topological polar surface area (TPSA) is 78.9 Å². The number of hydrogen-bond donors (Lipinski definition) is 0. The lowest BCUT2D eigenvalue weighted by molar-refractivity contribution is -0.167. The van der Waals surface area contributed by atoms with Crippen LogP contribution in [-0.2, 0) is 28.6 Å². The van der Waals surface area contributed by atoms with Crippen molar-refractivity contribution in [2.24, 2.45) is 0 Å². The summed E-state index contributed by atoms with van der Waals surface area (Å²) < 4.78 is 16.8. The van der Waals surface area contributed by atoms with Crippen LogP contribution in [0.1, 0.15) is 245 Å². The summed E-state index contributed by atoms with van der Waals surface area (Å²) in [6, 6.07) is 0. The van der Waals surface area contributed by atoms with Crippen LogP contribution in [0.2, 0.25) is 0 Å². The average Bonchev–Trinajstić information content (AvgIpc) is 3.40. The second kappa shape index (κ2) is 60.8. The van der Waals surface area contributed by atoms with Crippen molar-refractivity contribution in [3.8, 4) is 0 Å². The van der Waals surface area contributed by atoms with Crippen molar-refractivity contribution < 1.29 is 28.6 Å². The van der Waals surface area contributed by atoms with E-state index in [2.05, 4.69) is 167 Å². The van der Waals surface area contributed by atoms with Gasteiger partial charge in [0.15, 0.2) is 6.10 Å². The Bertz CT molecular complexity index is 1640. The predicted molar refractivity (Wildman–Crippen MR) is 320 cm³/mol. The fourth-order valence-corrected chi connectivity index (χ4v) is 7.60. The second-order valence-electron chi connectivity index (χ2n) is 19.2. The molecule has 0 rings (SSSR count). The van der Waals surface area contributed by atoms with Gasteiger partial charge >= 0.3 is 17.9 Å². The van der Waals surface area contributed by atoms with Crippen molar-refractivity contribution in [1.82, 2.24) is 0 Å². The molecule has 0 N–H and O–H groups in total. The summed E-state index contributed by atoms with van der Waals surface area (Å²) >= 11 is 0. The van der Waals surface area contributed by atoms with Crippen LogP contribution in [0.25, 0.3) is 0 Å². The van der Waals surface area contributed by atoms with Gasteiger partial charge in [0.05, 0.1) is 0 Å². The molecule has 6 nitrogen and oxygen atoms in total. The first kappa shape index (κ1) is 69.3. The van der Waals surface area contributed by atoms with E-state index in [1.54, 1.807) is 0 Å². The van der Waals surface area contributed by atoms with Crippen LogP contribution in [0, 0.1) is 0 Å². The van der Waals surface area contributed by atoms with Crippen molar-refractivity contribution >= 4 is 17.9 Å². The van der Waals surface area contributed by atoms with E-state index in [1.165, 1.54) is 57.8 Å². The molecule has 416 valence electrons. The van der Waals surface area contributed by atoms with Gasteiger partial charge in [0.1, 0.15) is 13.2 Å². The molecule has 0 aromatic carbocycles. The predicted octanol–water partition coefficient (Wildman–Crippen LogP) is 20.4. The number of hydrogen-bond acceptors (Lipinski definition) is 6. The minimum Gasteiger partial charge on any atom is -0.462 e. The van der Waals surface area contributed by atoms with Gasteiger partial charge in [0.2, 0.25) is 0 Å². The van der Waals surface area contributed by atoms with E-state index in [0.717, 1.165) is 141 Å². The fraction of sp³-hybridized carbons (Fsp3) is 0.603. The Hall–Kier alpha value is -4.71. The third kappa shape index (κ3) is 58.2. The molecule has 1 atom stereocenters. The maximum absolute atomic E-state index is 12.8. The summed E-state index contributed by atoms with van der Waals surface area (Å²) in [7, 11) is 0. The highest BCUT2D eigenvalue weighted by Crippen LogP contribution is 2.13. The van der Waals surface area contributed by atoms with E-state index in [0.29, 0.717) is 25.7 Å². The van der Waals surface area contributed by atoms with E-state index >= 15 is 0 Å². The largest absolute Gasteiger partial charge is 0.462 e. The van der Waals surface area contributed by atoms with Gasteiger partial charge in [-0.05, 0) is 122 Å². The van der Waals surface area contributed by atoms with Crippen molar-refractivity contribution in [1.29, 1.82) is 0 Å². The maximum atomic E-state index is 12.8. The number of rotatable bonds is 52. The van der Waals surface area contributed by atoms with Crippen LogP contribution in [-0.4, -0.2) is 37.2 Å². The van der Waals surface area contributed by atoms with Gasteiger partial charge in [-0.3, -0.25) is 14.4 Å². The minimum absolute atomic E-state index is 0.101. The summed E-state index contributed by atoms with van der Waals surface area (Å²) in [6.07, 6.45) is 87.2. The lowest BCUT2D eigenvalue weighted by Gasteiger charge is -2.18. The summed E-state index contributed by atoms with van der Waals surface area (Å²) in [4.78, 5) is 38.0. The Morgan fingerprint density at radius 2 is 0.541 bits per heavy atom. The summed E-state index contributed by atoms with van der Waals surface area (Å²) in [5.74, 6) is -0.970. The quantitative estimate of drug-likeness (QED) is 0.0261. The zero-order chi connectivity index (χ0) is 53.6. The van der Waals surface area contributed by atoms with Gasteiger partial charge < -0.3 is 14.2 Å². The molecular formula is C68H108O6. The van der Waals surface area contributed by atoms with E-state index in [4.69, 9.17) is 14.2 Å². The molecule has 0 radical (unpaired) electrons. The third-order valence-corrected chi connectivity index (χ3v) is 12.1. The van der Waals surface area contributed by atoms with Gasteiger partial charge in [-0.15, -0.1) is 0 Å². The van der Waals surface area contributed by atoms with E-state index in [9.17, 15) is 14.4 Å². The van der Waals surface area contributed by atoms with Crippen molar-refractivity contribution in [3.63, 3.8) is 0 Å². The number of esters is 3. The molecule has 0 saturated carbocycles. The molecule has 0 heterocycles. The van der Waals surface area contributed by atoms with Crippen LogP contribution in [0.3, 0.4) is 0 Å². The van der Waals surface area contributed by atoms with Crippen molar-refractivity contribution in [2.45, 2.75) is 252 Å². The molecule has 0 aliphatic heterocycles. The Morgan fingerprint density at radius 3 is 0.892 bits per heavy atom. The first-order valence-electron chi connectivity index (χ1n) is 29.8. The Kier molecular flexibility index (Phi) is 57.0. The van der Waals surface area contributed by atoms with Gasteiger partial charge in [-0.2, -0.15) is 0 Å². The molecule has 1 unspecified atom stereocenters. The Labute approximate surface area is 455 Å². The van der Waals surface area contributed by atoms with Crippen molar-refractivity contribution in [3.05, 3.63) is 146 Å². The number of allylic oxidation sites excluding steroid dienone is 24. The molecule has 0 bridgehead atoms. The smallest absolute Gasteiger partial charge is 0.306 e. The summed E-state index contributed by atoms with van der Waals surface area (Å²) in [5.41, 5.74) is 0. The molecule has 0 spiro atoms. The molecule has 74 heavy (non-hydrogen) atoms. The van der Waals surface area contributed by atoms with Crippen LogP contribution in [0.15, 0.2) is 146 Å². The van der Waals surface area contributed by atoms with E-state index < -0.39 is 6.10 Å². The van der Waals surface area contributed by atoms with Crippen LogP contribution in [0.4, 0.5) is 0 Å². The molecule has 0 amide bonds. The van der Waals surface area contributed by atoms with Crippen molar-refractivity contribution in [2.75, 3.05) is 13.2 Å². The highest BCUT2D eigenvalue weighted by atomic mass is 16.6. The number of carbonyl (C=O) groups is 3. The minimum atomic E-state index is -0.806. The van der Waals surface area contributed by atoms with Gasteiger partial charge in [0, 0.05) is 19.3 Å². The second-order valence-corrected chi connectivity index (χ2v) is 19.2. The van der Waals surface area contributed by atoms with Gasteiger partial charge in [0.25, 0.3) is 0 Å². The molecule has 0 saturated heterocycles. The lowest BCUT2D eigenvalue weighted by Crippen LogP contribution is -2.30. The third-order valence-electron chi connectivity index (χ3n) is 12.1. The average molecular weight is 1020 g/mol. The van der Waals surface area contributed by atoms with E-state index in [1.807, 2.05) is 0 Å². The molecule has 0 aliphatic carbocycles.